The van der Waals surface area contributed by atoms with E-state index in [9.17, 15) is 4.79 Å². The number of thioether (sulfide) groups is 1. The van der Waals surface area contributed by atoms with Gasteiger partial charge in [-0.15, -0.1) is 10.2 Å². The maximum Gasteiger partial charge on any atom is 0.237 e. The number of halogens is 2. The molecule has 24 heavy (non-hydrogen) atoms. The third kappa shape index (κ3) is 5.40. The Hall–Kier alpha value is -1.24. The SMILES string of the molecule is CCCCCn1cnnc1S[C@H](C)C(=O)Nc1ccc(Cl)cc1Cl. The second-order valence-electron chi connectivity index (χ2n) is 5.39. The number of benzene rings is 1. The summed E-state index contributed by atoms with van der Waals surface area (Å²) in [5.41, 5.74) is 0.544. The van der Waals surface area contributed by atoms with Crippen molar-refractivity contribution in [1.29, 1.82) is 0 Å². The predicted molar refractivity (Wildman–Crippen MR) is 100.0 cm³/mol. The number of carbonyl (C=O) groups is 1. The first-order valence-electron chi connectivity index (χ1n) is 7.81. The summed E-state index contributed by atoms with van der Waals surface area (Å²) in [6.45, 7) is 4.85. The van der Waals surface area contributed by atoms with Gasteiger partial charge in [-0.25, -0.2) is 0 Å². The summed E-state index contributed by atoms with van der Waals surface area (Å²) in [6.07, 6.45) is 5.10. The minimum atomic E-state index is -0.328. The van der Waals surface area contributed by atoms with Gasteiger partial charge in [0, 0.05) is 11.6 Å². The van der Waals surface area contributed by atoms with E-state index in [2.05, 4.69) is 22.4 Å². The normalized spacial score (nSPS) is 12.2. The van der Waals surface area contributed by atoms with E-state index in [-0.39, 0.29) is 11.2 Å². The van der Waals surface area contributed by atoms with Crippen LogP contribution in [0.3, 0.4) is 0 Å². The minimum Gasteiger partial charge on any atom is -0.324 e. The lowest BCUT2D eigenvalue weighted by molar-refractivity contribution is -0.115. The number of nitrogens with zero attached hydrogens (tertiary/aromatic N) is 3. The number of carbonyl (C=O) groups excluding carboxylic acids is 1. The van der Waals surface area contributed by atoms with Crippen LogP contribution >= 0.6 is 35.0 Å². The summed E-state index contributed by atoms with van der Waals surface area (Å²) in [5.74, 6) is -0.146. The Bertz CT molecular complexity index is 692. The van der Waals surface area contributed by atoms with Gasteiger partial charge in [0.05, 0.1) is 16.0 Å². The van der Waals surface area contributed by atoms with E-state index in [1.165, 1.54) is 11.8 Å². The third-order valence-corrected chi connectivity index (χ3v) is 5.07. The molecule has 0 aliphatic heterocycles. The van der Waals surface area contributed by atoms with Crippen LogP contribution in [-0.2, 0) is 11.3 Å². The smallest absolute Gasteiger partial charge is 0.237 e. The molecule has 1 aromatic heterocycles. The van der Waals surface area contributed by atoms with Gasteiger partial charge in [0.1, 0.15) is 6.33 Å². The van der Waals surface area contributed by atoms with E-state index in [1.54, 1.807) is 24.5 Å². The second-order valence-corrected chi connectivity index (χ2v) is 7.54. The van der Waals surface area contributed by atoms with Crippen LogP contribution in [0.25, 0.3) is 0 Å². The van der Waals surface area contributed by atoms with E-state index in [0.717, 1.165) is 31.0 Å². The molecule has 130 valence electrons. The molecule has 1 heterocycles. The molecule has 0 bridgehead atoms. The van der Waals surface area contributed by atoms with Crippen molar-refractivity contribution in [1.82, 2.24) is 14.8 Å². The molecule has 5 nitrogen and oxygen atoms in total. The van der Waals surface area contributed by atoms with Crippen molar-refractivity contribution in [3.63, 3.8) is 0 Å². The molecular weight excluding hydrogens is 367 g/mol. The molecule has 1 amide bonds. The van der Waals surface area contributed by atoms with Gasteiger partial charge in [-0.1, -0.05) is 54.7 Å². The minimum absolute atomic E-state index is 0.146. The molecule has 1 aromatic carbocycles. The summed E-state index contributed by atoms with van der Waals surface area (Å²) >= 11 is 13.3. The van der Waals surface area contributed by atoms with E-state index < -0.39 is 0 Å². The number of amides is 1. The summed E-state index contributed by atoms with van der Waals surface area (Å²) in [4.78, 5) is 12.4. The molecule has 0 spiro atoms. The standard InChI is InChI=1S/C16H20Cl2N4OS/c1-3-4-5-8-22-10-19-21-16(22)24-11(2)15(23)20-14-7-6-12(17)9-13(14)18/h6-7,9-11H,3-5,8H2,1-2H3,(H,20,23)/t11-/m1/s1. The van der Waals surface area contributed by atoms with Gasteiger partial charge in [-0.2, -0.15) is 0 Å². The van der Waals surface area contributed by atoms with Gasteiger partial charge in [0.25, 0.3) is 0 Å². The predicted octanol–water partition coefficient (Wildman–Crippen LogP) is 4.89. The highest BCUT2D eigenvalue weighted by Gasteiger charge is 2.18. The zero-order valence-electron chi connectivity index (χ0n) is 13.6. The van der Waals surface area contributed by atoms with Crippen LogP contribution in [-0.4, -0.2) is 25.9 Å². The van der Waals surface area contributed by atoms with E-state index in [1.807, 2.05) is 11.5 Å². The number of unbranched alkanes of at least 4 members (excludes halogenated alkanes) is 2. The van der Waals surface area contributed by atoms with Crippen LogP contribution in [0.1, 0.15) is 33.1 Å². The third-order valence-electron chi connectivity index (χ3n) is 3.42. The van der Waals surface area contributed by atoms with Crippen LogP contribution in [0, 0.1) is 0 Å². The van der Waals surface area contributed by atoms with Crippen LogP contribution < -0.4 is 5.32 Å². The summed E-state index contributed by atoms with van der Waals surface area (Å²) in [7, 11) is 0. The van der Waals surface area contributed by atoms with Crippen LogP contribution in [0.4, 0.5) is 5.69 Å². The average Bonchev–Trinajstić information content (AvgIpc) is 2.97. The zero-order valence-corrected chi connectivity index (χ0v) is 16.0. The summed E-state index contributed by atoms with van der Waals surface area (Å²) in [5, 5.41) is 12.2. The van der Waals surface area contributed by atoms with Crippen molar-refractivity contribution in [3.05, 3.63) is 34.6 Å². The van der Waals surface area contributed by atoms with E-state index in [4.69, 9.17) is 23.2 Å². The number of rotatable bonds is 8. The number of nitrogens with one attached hydrogen (secondary N) is 1. The van der Waals surface area contributed by atoms with Gasteiger partial charge >= 0.3 is 0 Å². The number of aryl methyl sites for hydroxylation is 1. The van der Waals surface area contributed by atoms with Gasteiger partial charge in [-0.05, 0) is 31.5 Å². The lowest BCUT2D eigenvalue weighted by Gasteiger charge is -2.13. The Morgan fingerprint density at radius 1 is 1.38 bits per heavy atom. The molecule has 0 aliphatic rings. The van der Waals surface area contributed by atoms with E-state index in [0.29, 0.717) is 15.7 Å². The van der Waals surface area contributed by atoms with Crippen molar-refractivity contribution < 1.29 is 4.79 Å². The van der Waals surface area contributed by atoms with Crippen LogP contribution in [0.2, 0.25) is 10.0 Å². The van der Waals surface area contributed by atoms with Gasteiger partial charge < -0.3 is 9.88 Å². The fourth-order valence-electron chi connectivity index (χ4n) is 2.06. The van der Waals surface area contributed by atoms with Crippen molar-refractivity contribution in [3.8, 4) is 0 Å². The van der Waals surface area contributed by atoms with Gasteiger partial charge in [-0.3, -0.25) is 4.79 Å². The first-order valence-corrected chi connectivity index (χ1v) is 9.45. The number of hydrogen-bond donors (Lipinski definition) is 1. The van der Waals surface area contributed by atoms with Gasteiger partial charge in [0.15, 0.2) is 5.16 Å². The molecule has 0 unspecified atom stereocenters. The molecule has 1 atom stereocenters. The van der Waals surface area contributed by atoms with Gasteiger partial charge in [0.2, 0.25) is 5.91 Å². The highest BCUT2D eigenvalue weighted by Crippen LogP contribution is 2.27. The van der Waals surface area contributed by atoms with E-state index >= 15 is 0 Å². The zero-order chi connectivity index (χ0) is 17.5. The first-order chi connectivity index (χ1) is 11.5. The van der Waals surface area contributed by atoms with Crippen molar-refractivity contribution in [2.75, 3.05) is 5.32 Å². The Labute approximate surface area is 156 Å². The Morgan fingerprint density at radius 3 is 2.88 bits per heavy atom. The fraction of sp³-hybridized carbons (Fsp3) is 0.438. The quantitative estimate of drug-likeness (QED) is 0.517. The van der Waals surface area contributed by atoms with Crippen LogP contribution in [0.5, 0.6) is 0 Å². The molecule has 0 aliphatic carbocycles. The maximum atomic E-state index is 12.4. The molecule has 0 radical (unpaired) electrons. The highest BCUT2D eigenvalue weighted by molar-refractivity contribution is 8.00. The Balaban J connectivity index is 1.95. The number of anilines is 1. The lowest BCUT2D eigenvalue weighted by atomic mass is 10.2. The van der Waals surface area contributed by atoms with Crippen molar-refractivity contribution >= 4 is 46.6 Å². The van der Waals surface area contributed by atoms with Crippen molar-refractivity contribution in [2.45, 2.75) is 50.1 Å². The molecule has 0 saturated heterocycles. The summed E-state index contributed by atoms with van der Waals surface area (Å²) < 4.78 is 1.99. The maximum absolute atomic E-state index is 12.4. The molecular formula is C16H20Cl2N4OS. The van der Waals surface area contributed by atoms with Crippen molar-refractivity contribution in [2.24, 2.45) is 0 Å². The first kappa shape index (κ1) is 19.1. The largest absolute Gasteiger partial charge is 0.324 e. The average molecular weight is 387 g/mol. The summed E-state index contributed by atoms with van der Waals surface area (Å²) in [6, 6.07) is 4.97. The Kier molecular flexibility index (Phi) is 7.40. The molecule has 1 N–H and O–H groups in total. The Morgan fingerprint density at radius 2 is 2.17 bits per heavy atom. The topological polar surface area (TPSA) is 59.8 Å². The fourth-order valence-corrected chi connectivity index (χ4v) is 3.36. The molecule has 0 fully saturated rings. The second kappa shape index (κ2) is 9.30. The molecule has 2 rings (SSSR count). The monoisotopic (exact) mass is 386 g/mol. The molecule has 2 aromatic rings. The molecule has 0 saturated carbocycles. The highest BCUT2D eigenvalue weighted by atomic mass is 35.5. The molecule has 8 heteroatoms. The lowest BCUT2D eigenvalue weighted by Crippen LogP contribution is -2.23. The van der Waals surface area contributed by atoms with Crippen LogP contribution in [0.15, 0.2) is 29.7 Å². The number of hydrogen-bond acceptors (Lipinski definition) is 4. The number of aromatic nitrogens is 3.